The number of carbonyl (C=O) groups is 1. The Bertz CT molecular complexity index is 855. The standard InChI is InChI=1S/C17H18F2N2O4S/c1-20-26(23,24)13-9-6-12(7-10-13)8-11-16(22)21-14-4-2-3-5-15(14)25-17(18)19/h2-7,9-10,17,20H,8,11H2,1H3,(H,21,22). The summed E-state index contributed by atoms with van der Waals surface area (Å²) in [4.78, 5) is 12.2. The summed E-state index contributed by atoms with van der Waals surface area (Å²) in [6.07, 6.45) is 0.463. The number of anilines is 1. The molecule has 2 rings (SSSR count). The van der Waals surface area contributed by atoms with E-state index in [0.29, 0.717) is 6.42 Å². The Morgan fingerprint density at radius 2 is 1.77 bits per heavy atom. The molecule has 140 valence electrons. The Morgan fingerprint density at radius 3 is 2.38 bits per heavy atom. The number of amides is 1. The number of aryl methyl sites for hydroxylation is 1. The van der Waals surface area contributed by atoms with Gasteiger partial charge in [-0.05, 0) is 43.3 Å². The number of alkyl halides is 2. The van der Waals surface area contributed by atoms with Crippen LogP contribution in [0, 0.1) is 0 Å². The van der Waals surface area contributed by atoms with Crippen LogP contribution in [0.5, 0.6) is 5.75 Å². The zero-order chi connectivity index (χ0) is 19.2. The molecule has 2 N–H and O–H groups in total. The third-order valence-electron chi connectivity index (χ3n) is 3.52. The minimum atomic E-state index is -3.51. The highest BCUT2D eigenvalue weighted by Gasteiger charge is 2.13. The van der Waals surface area contributed by atoms with Crippen molar-refractivity contribution in [2.45, 2.75) is 24.3 Å². The van der Waals surface area contributed by atoms with Crippen molar-refractivity contribution in [1.82, 2.24) is 4.72 Å². The molecule has 6 nitrogen and oxygen atoms in total. The maximum atomic E-state index is 12.4. The second-order valence-electron chi connectivity index (χ2n) is 5.27. The van der Waals surface area contributed by atoms with E-state index in [-0.39, 0.29) is 28.7 Å². The van der Waals surface area contributed by atoms with E-state index in [1.165, 1.54) is 37.4 Å². The van der Waals surface area contributed by atoms with Gasteiger partial charge in [0.25, 0.3) is 0 Å². The van der Waals surface area contributed by atoms with Gasteiger partial charge in [0.2, 0.25) is 15.9 Å². The lowest BCUT2D eigenvalue weighted by molar-refractivity contribution is -0.116. The largest absolute Gasteiger partial charge is 0.433 e. The lowest BCUT2D eigenvalue weighted by atomic mass is 10.1. The molecule has 0 atom stereocenters. The van der Waals surface area contributed by atoms with Gasteiger partial charge >= 0.3 is 6.61 Å². The summed E-state index contributed by atoms with van der Waals surface area (Å²) in [6.45, 7) is -2.99. The fourth-order valence-corrected chi connectivity index (χ4v) is 2.92. The molecule has 2 aromatic rings. The topological polar surface area (TPSA) is 84.5 Å². The average Bonchev–Trinajstić information content (AvgIpc) is 2.61. The zero-order valence-electron chi connectivity index (χ0n) is 13.9. The minimum absolute atomic E-state index is 0.0984. The highest BCUT2D eigenvalue weighted by molar-refractivity contribution is 7.89. The number of rotatable bonds is 8. The van der Waals surface area contributed by atoms with E-state index in [1.807, 2.05) is 0 Å². The van der Waals surface area contributed by atoms with Crippen LogP contribution in [0.4, 0.5) is 14.5 Å². The third-order valence-corrected chi connectivity index (χ3v) is 4.95. The molecule has 0 radical (unpaired) electrons. The van der Waals surface area contributed by atoms with Gasteiger partial charge in [0.05, 0.1) is 10.6 Å². The summed E-state index contributed by atoms with van der Waals surface area (Å²) in [7, 11) is -2.18. The SMILES string of the molecule is CNS(=O)(=O)c1ccc(CCC(=O)Nc2ccccc2OC(F)F)cc1. The number of nitrogens with one attached hydrogen (secondary N) is 2. The van der Waals surface area contributed by atoms with Crippen LogP contribution in [-0.4, -0.2) is 28.0 Å². The molecular weight excluding hydrogens is 366 g/mol. The Balaban J connectivity index is 1.95. The molecule has 2 aromatic carbocycles. The highest BCUT2D eigenvalue weighted by atomic mass is 32.2. The van der Waals surface area contributed by atoms with Crippen LogP contribution in [0.3, 0.4) is 0 Å². The molecule has 0 saturated heterocycles. The molecule has 0 aliphatic carbocycles. The number of sulfonamides is 1. The molecule has 0 aliphatic heterocycles. The van der Waals surface area contributed by atoms with Gasteiger partial charge in [-0.2, -0.15) is 8.78 Å². The van der Waals surface area contributed by atoms with Crippen LogP contribution in [-0.2, 0) is 21.2 Å². The van der Waals surface area contributed by atoms with Crippen molar-refractivity contribution in [3.05, 3.63) is 54.1 Å². The Kier molecular flexibility index (Phi) is 6.64. The van der Waals surface area contributed by atoms with Crippen molar-refractivity contribution in [2.24, 2.45) is 0 Å². The lowest BCUT2D eigenvalue weighted by Crippen LogP contribution is -2.18. The van der Waals surface area contributed by atoms with Gasteiger partial charge in [-0.15, -0.1) is 0 Å². The summed E-state index contributed by atoms with van der Waals surface area (Å²) in [6, 6.07) is 12.0. The molecule has 9 heteroatoms. The van der Waals surface area contributed by atoms with Crippen LogP contribution < -0.4 is 14.8 Å². The Hall–Kier alpha value is -2.52. The van der Waals surface area contributed by atoms with Crippen LogP contribution in [0.25, 0.3) is 0 Å². The van der Waals surface area contributed by atoms with Crippen molar-refractivity contribution >= 4 is 21.6 Å². The van der Waals surface area contributed by atoms with E-state index in [4.69, 9.17) is 0 Å². The molecular formula is C17H18F2N2O4S. The molecule has 0 aromatic heterocycles. The van der Waals surface area contributed by atoms with Crippen molar-refractivity contribution in [3.8, 4) is 5.75 Å². The Morgan fingerprint density at radius 1 is 1.12 bits per heavy atom. The second kappa shape index (κ2) is 8.72. The van der Waals surface area contributed by atoms with Crippen LogP contribution in [0.15, 0.2) is 53.4 Å². The first kappa shape index (κ1) is 19.8. The molecule has 0 saturated carbocycles. The van der Waals surface area contributed by atoms with Gasteiger partial charge in [0.1, 0.15) is 5.75 Å². The third kappa shape index (κ3) is 5.50. The van der Waals surface area contributed by atoms with E-state index in [0.717, 1.165) is 5.56 Å². The van der Waals surface area contributed by atoms with Crippen molar-refractivity contribution in [1.29, 1.82) is 0 Å². The molecule has 0 heterocycles. The summed E-state index contributed by atoms with van der Waals surface area (Å²) >= 11 is 0. The van der Waals surface area contributed by atoms with Crippen molar-refractivity contribution < 1.29 is 26.7 Å². The number of hydrogen-bond donors (Lipinski definition) is 2. The summed E-state index contributed by atoms with van der Waals surface area (Å²) < 4.78 is 54.6. The fourth-order valence-electron chi connectivity index (χ4n) is 2.19. The van der Waals surface area contributed by atoms with E-state index in [2.05, 4.69) is 14.8 Å². The normalized spacial score (nSPS) is 11.4. The number of benzene rings is 2. The maximum Gasteiger partial charge on any atom is 0.387 e. The average molecular weight is 384 g/mol. The first-order valence-corrected chi connectivity index (χ1v) is 9.16. The van der Waals surface area contributed by atoms with E-state index in [1.54, 1.807) is 18.2 Å². The smallest absolute Gasteiger partial charge is 0.387 e. The molecule has 1 amide bonds. The predicted octanol–water partition coefficient (Wildman–Crippen LogP) is 2.77. The van der Waals surface area contributed by atoms with E-state index in [9.17, 15) is 22.0 Å². The molecule has 0 fully saturated rings. The zero-order valence-corrected chi connectivity index (χ0v) is 14.7. The Labute approximate surface area is 150 Å². The van der Waals surface area contributed by atoms with E-state index < -0.39 is 16.6 Å². The van der Waals surface area contributed by atoms with Gasteiger partial charge in [0, 0.05) is 6.42 Å². The summed E-state index contributed by atoms with van der Waals surface area (Å²) in [5.41, 5.74) is 0.931. The monoisotopic (exact) mass is 384 g/mol. The van der Waals surface area contributed by atoms with Gasteiger partial charge in [-0.3, -0.25) is 4.79 Å². The van der Waals surface area contributed by atoms with Crippen molar-refractivity contribution in [3.63, 3.8) is 0 Å². The second-order valence-corrected chi connectivity index (χ2v) is 7.16. The quantitative estimate of drug-likeness (QED) is 0.733. The van der Waals surface area contributed by atoms with Gasteiger partial charge in [-0.1, -0.05) is 24.3 Å². The number of ether oxygens (including phenoxy) is 1. The maximum absolute atomic E-state index is 12.4. The predicted molar refractivity (Wildman–Crippen MR) is 92.7 cm³/mol. The lowest BCUT2D eigenvalue weighted by Gasteiger charge is -2.11. The fraction of sp³-hybridized carbons (Fsp3) is 0.235. The summed E-state index contributed by atoms with van der Waals surface area (Å²) in [5, 5.41) is 2.53. The van der Waals surface area contributed by atoms with Gasteiger partial charge < -0.3 is 10.1 Å². The number of hydrogen-bond acceptors (Lipinski definition) is 4. The molecule has 0 spiro atoms. The molecule has 0 aliphatic rings. The summed E-state index contributed by atoms with van der Waals surface area (Å²) in [5.74, 6) is -0.486. The van der Waals surface area contributed by atoms with Gasteiger partial charge in [0.15, 0.2) is 0 Å². The highest BCUT2D eigenvalue weighted by Crippen LogP contribution is 2.25. The van der Waals surface area contributed by atoms with Gasteiger partial charge in [-0.25, -0.2) is 13.1 Å². The first-order chi connectivity index (χ1) is 12.3. The molecule has 0 unspecified atom stereocenters. The minimum Gasteiger partial charge on any atom is -0.433 e. The number of halogens is 2. The number of para-hydroxylation sites is 2. The molecule has 0 bridgehead atoms. The van der Waals surface area contributed by atoms with Crippen molar-refractivity contribution in [2.75, 3.05) is 12.4 Å². The van der Waals surface area contributed by atoms with Crippen LogP contribution in [0.2, 0.25) is 0 Å². The van der Waals surface area contributed by atoms with E-state index >= 15 is 0 Å². The van der Waals surface area contributed by atoms with Crippen LogP contribution in [0.1, 0.15) is 12.0 Å². The number of carbonyl (C=O) groups excluding carboxylic acids is 1. The first-order valence-electron chi connectivity index (χ1n) is 7.68. The molecule has 26 heavy (non-hydrogen) atoms. The van der Waals surface area contributed by atoms with Crippen LogP contribution >= 0.6 is 0 Å².